The van der Waals surface area contributed by atoms with Gasteiger partial charge in [0, 0.05) is 5.69 Å². The van der Waals surface area contributed by atoms with E-state index in [2.05, 4.69) is 43.3 Å². The Morgan fingerprint density at radius 2 is 1.65 bits per heavy atom. The van der Waals surface area contributed by atoms with Gasteiger partial charge >= 0.3 is 0 Å². The topological polar surface area (TPSA) is 73.2 Å². The van der Waals surface area contributed by atoms with Crippen LogP contribution < -0.4 is 15.6 Å². The second kappa shape index (κ2) is 9.54. The summed E-state index contributed by atoms with van der Waals surface area (Å²) in [6.07, 6.45) is 2.27. The van der Waals surface area contributed by atoms with Crippen molar-refractivity contribution in [3.05, 3.63) is 80.7 Å². The average Bonchev–Trinajstić information content (AvgIpc) is 2.76. The summed E-state index contributed by atoms with van der Waals surface area (Å²) in [7, 11) is 0. The summed E-state index contributed by atoms with van der Waals surface area (Å²) in [4.78, 5) is 24.2. The van der Waals surface area contributed by atoms with Gasteiger partial charge in [-0.15, -0.1) is 0 Å². The summed E-state index contributed by atoms with van der Waals surface area (Å²) in [5.41, 5.74) is 1.32. The lowest BCUT2D eigenvalue weighted by Crippen LogP contribution is -2.29. The average molecular weight is 460 g/mol. The van der Waals surface area contributed by atoms with Crippen LogP contribution in [0.5, 0.6) is 11.5 Å². The summed E-state index contributed by atoms with van der Waals surface area (Å²) in [5.74, 6) is 0.955. The molecule has 1 N–H and O–H groups in total. The number of nitrogens with one attached hydrogen (secondary N) is 1. The number of ether oxygens (including phenoxy) is 1. The number of carbonyl (C=O) groups is 1. The van der Waals surface area contributed by atoms with E-state index in [0.717, 1.165) is 16.9 Å². The third-order valence-corrected chi connectivity index (χ3v) is 5.88. The molecule has 1 heterocycles. The number of aromatic nitrogens is 2. The molecule has 2 aromatic carbocycles. The zero-order valence-electron chi connectivity index (χ0n) is 17.5. The first kappa shape index (κ1) is 22.8. The molecule has 0 fully saturated rings. The van der Waals surface area contributed by atoms with E-state index in [4.69, 9.17) is 27.9 Å². The van der Waals surface area contributed by atoms with Crippen molar-refractivity contribution in [2.45, 2.75) is 39.2 Å². The van der Waals surface area contributed by atoms with Gasteiger partial charge in [-0.1, -0.05) is 56.1 Å². The van der Waals surface area contributed by atoms with Gasteiger partial charge in [-0.2, -0.15) is 5.10 Å². The third kappa shape index (κ3) is 5.66. The predicted octanol–water partition coefficient (Wildman–Crippen LogP) is 5.67. The Hall–Kier alpha value is -2.83. The summed E-state index contributed by atoms with van der Waals surface area (Å²) in [6.45, 7) is 6.31. The number of benzene rings is 2. The molecule has 1 aromatic heterocycles. The number of halogens is 2. The van der Waals surface area contributed by atoms with Crippen molar-refractivity contribution >= 4 is 34.8 Å². The Morgan fingerprint density at radius 1 is 1.06 bits per heavy atom. The van der Waals surface area contributed by atoms with Crippen molar-refractivity contribution in [1.82, 2.24) is 9.78 Å². The van der Waals surface area contributed by atoms with Crippen LogP contribution in [0.1, 0.15) is 32.8 Å². The molecule has 1 amide bonds. The van der Waals surface area contributed by atoms with Gasteiger partial charge < -0.3 is 10.1 Å². The van der Waals surface area contributed by atoms with Crippen LogP contribution in [0.3, 0.4) is 0 Å². The highest BCUT2D eigenvalue weighted by Gasteiger charge is 2.17. The van der Waals surface area contributed by atoms with E-state index < -0.39 is 11.5 Å². The standard InChI is InChI=1S/C23H23Cl2N3O3/c1-4-23(2,3)15-5-9-17(10-6-15)31-18-11-7-16(8-12-18)27-20(29)14-28-22(30)21(25)19(24)13-26-28/h5-13H,4,14H2,1-3H3,(H,27,29). The molecule has 0 aliphatic carbocycles. The van der Waals surface area contributed by atoms with E-state index in [-0.39, 0.29) is 22.0 Å². The van der Waals surface area contributed by atoms with Gasteiger partial charge in [0.15, 0.2) is 0 Å². The molecular formula is C23H23Cl2N3O3. The van der Waals surface area contributed by atoms with Crippen LogP contribution in [0, 0.1) is 0 Å². The quantitative estimate of drug-likeness (QED) is 0.493. The van der Waals surface area contributed by atoms with Crippen LogP contribution in [-0.2, 0) is 16.8 Å². The molecule has 162 valence electrons. The number of amides is 1. The van der Waals surface area contributed by atoms with Crippen LogP contribution in [0.2, 0.25) is 10.0 Å². The van der Waals surface area contributed by atoms with Crippen molar-refractivity contribution < 1.29 is 9.53 Å². The molecule has 0 aliphatic heterocycles. The third-order valence-electron chi connectivity index (χ3n) is 5.13. The first-order valence-corrected chi connectivity index (χ1v) is 10.5. The van der Waals surface area contributed by atoms with Crippen molar-refractivity contribution in [3.63, 3.8) is 0 Å². The van der Waals surface area contributed by atoms with Gasteiger partial charge in [0.2, 0.25) is 5.91 Å². The van der Waals surface area contributed by atoms with Crippen molar-refractivity contribution in [2.75, 3.05) is 5.32 Å². The molecule has 8 heteroatoms. The highest BCUT2D eigenvalue weighted by molar-refractivity contribution is 6.41. The SMILES string of the molecule is CCC(C)(C)c1ccc(Oc2ccc(NC(=O)Cn3ncc(Cl)c(Cl)c3=O)cc2)cc1. The first-order chi connectivity index (χ1) is 14.7. The molecule has 0 saturated heterocycles. The molecule has 0 spiro atoms. The molecule has 3 aromatic rings. The second-order valence-electron chi connectivity index (χ2n) is 7.71. The van der Waals surface area contributed by atoms with E-state index in [1.165, 1.54) is 11.8 Å². The number of carbonyl (C=O) groups excluding carboxylic acids is 1. The number of anilines is 1. The molecule has 6 nitrogen and oxygen atoms in total. The molecule has 0 saturated carbocycles. The van der Waals surface area contributed by atoms with E-state index in [1.54, 1.807) is 24.3 Å². The smallest absolute Gasteiger partial charge is 0.287 e. The molecule has 0 bridgehead atoms. The van der Waals surface area contributed by atoms with Crippen LogP contribution in [0.25, 0.3) is 0 Å². The number of hydrogen-bond donors (Lipinski definition) is 1. The Bertz CT molecular complexity index is 1120. The normalized spacial score (nSPS) is 11.3. The van der Waals surface area contributed by atoms with Gasteiger partial charge in [0.25, 0.3) is 5.56 Å². The maximum absolute atomic E-state index is 12.2. The van der Waals surface area contributed by atoms with Gasteiger partial charge in [0.05, 0.1) is 11.2 Å². The van der Waals surface area contributed by atoms with E-state index >= 15 is 0 Å². The fourth-order valence-electron chi connectivity index (χ4n) is 2.81. The molecule has 3 rings (SSSR count). The number of nitrogens with zero attached hydrogens (tertiary/aromatic N) is 2. The summed E-state index contributed by atoms with van der Waals surface area (Å²) < 4.78 is 6.83. The van der Waals surface area contributed by atoms with Crippen molar-refractivity contribution in [2.24, 2.45) is 0 Å². The van der Waals surface area contributed by atoms with Gasteiger partial charge in [0.1, 0.15) is 23.1 Å². The Labute approximate surface area is 190 Å². The molecule has 0 aliphatic rings. The fourth-order valence-corrected chi connectivity index (χ4v) is 3.09. The number of rotatable bonds is 7. The molecular weight excluding hydrogens is 437 g/mol. The zero-order chi connectivity index (χ0) is 22.6. The van der Waals surface area contributed by atoms with Crippen LogP contribution in [0.15, 0.2) is 59.5 Å². The van der Waals surface area contributed by atoms with Gasteiger partial charge in [-0.05, 0) is 53.8 Å². The van der Waals surface area contributed by atoms with E-state index in [1.807, 2.05) is 12.1 Å². The van der Waals surface area contributed by atoms with E-state index in [0.29, 0.717) is 11.4 Å². The van der Waals surface area contributed by atoms with Crippen LogP contribution in [0.4, 0.5) is 5.69 Å². The monoisotopic (exact) mass is 459 g/mol. The maximum atomic E-state index is 12.2. The number of hydrogen-bond acceptors (Lipinski definition) is 4. The fraction of sp³-hybridized carbons (Fsp3) is 0.261. The molecule has 0 unspecified atom stereocenters. The van der Waals surface area contributed by atoms with Gasteiger partial charge in [-0.25, -0.2) is 4.68 Å². The second-order valence-corrected chi connectivity index (χ2v) is 8.49. The molecule has 31 heavy (non-hydrogen) atoms. The summed E-state index contributed by atoms with van der Waals surface area (Å²) >= 11 is 11.5. The zero-order valence-corrected chi connectivity index (χ0v) is 19.0. The van der Waals surface area contributed by atoms with Crippen LogP contribution in [-0.4, -0.2) is 15.7 Å². The van der Waals surface area contributed by atoms with E-state index in [9.17, 15) is 9.59 Å². The lowest BCUT2D eigenvalue weighted by molar-refractivity contribution is -0.117. The van der Waals surface area contributed by atoms with Crippen molar-refractivity contribution in [3.8, 4) is 11.5 Å². The molecule has 0 radical (unpaired) electrons. The first-order valence-electron chi connectivity index (χ1n) is 9.79. The Kier molecular flexibility index (Phi) is 7.03. The largest absolute Gasteiger partial charge is 0.457 e. The minimum absolute atomic E-state index is 0.0441. The van der Waals surface area contributed by atoms with Crippen molar-refractivity contribution in [1.29, 1.82) is 0 Å². The highest BCUT2D eigenvalue weighted by Crippen LogP contribution is 2.30. The van der Waals surface area contributed by atoms with Crippen LogP contribution >= 0.6 is 23.2 Å². The summed E-state index contributed by atoms with van der Waals surface area (Å²) in [5, 5.41) is 6.39. The Balaban J connectivity index is 1.61. The predicted molar refractivity (Wildman–Crippen MR) is 123 cm³/mol. The highest BCUT2D eigenvalue weighted by atomic mass is 35.5. The lowest BCUT2D eigenvalue weighted by atomic mass is 9.82. The van der Waals surface area contributed by atoms with Gasteiger partial charge in [-0.3, -0.25) is 9.59 Å². The summed E-state index contributed by atoms with van der Waals surface area (Å²) in [6, 6.07) is 15.0. The molecule has 0 atom stereocenters. The minimum Gasteiger partial charge on any atom is -0.457 e. The minimum atomic E-state index is -0.624. The lowest BCUT2D eigenvalue weighted by Gasteiger charge is -2.23. The Morgan fingerprint density at radius 3 is 2.23 bits per heavy atom. The maximum Gasteiger partial charge on any atom is 0.287 e.